The first-order valence-corrected chi connectivity index (χ1v) is 8.03. The molecule has 24 heavy (non-hydrogen) atoms. The quantitative estimate of drug-likeness (QED) is 0.405. The number of hydrogen-bond acceptors (Lipinski definition) is 5. The van der Waals surface area contributed by atoms with Crippen molar-refractivity contribution < 1.29 is 23.8 Å². The summed E-state index contributed by atoms with van der Waals surface area (Å²) in [6, 6.07) is 4.72. The molecule has 0 aliphatic carbocycles. The van der Waals surface area contributed by atoms with Gasteiger partial charge in [0.15, 0.2) is 17.6 Å². The highest BCUT2D eigenvalue weighted by Gasteiger charge is 2.13. The van der Waals surface area contributed by atoms with E-state index >= 15 is 0 Å². The molecule has 0 saturated heterocycles. The van der Waals surface area contributed by atoms with Gasteiger partial charge in [0.05, 0.1) is 7.11 Å². The monoisotopic (exact) mass is 352 g/mol. The fraction of sp³-hybridized carbons (Fsp3) is 0.444. The third-order valence-corrected chi connectivity index (χ3v) is 3.30. The van der Waals surface area contributed by atoms with Gasteiger partial charge in [0.1, 0.15) is 0 Å². The molecule has 1 aromatic rings. The highest BCUT2D eigenvalue weighted by molar-refractivity contribution is 6.30. The molecule has 1 rings (SSSR count). The summed E-state index contributed by atoms with van der Waals surface area (Å²) in [5.41, 5.74) is 0. The molecule has 0 amide bonds. The highest BCUT2D eigenvalue weighted by Crippen LogP contribution is 2.30. The summed E-state index contributed by atoms with van der Waals surface area (Å²) in [5, 5.41) is 0.482. The molecule has 1 aromatic carbocycles. The van der Waals surface area contributed by atoms with Crippen LogP contribution in [0.2, 0.25) is 5.02 Å². The van der Waals surface area contributed by atoms with Crippen molar-refractivity contribution in [3.63, 3.8) is 0 Å². The van der Waals surface area contributed by atoms with Crippen molar-refractivity contribution in [1.29, 1.82) is 0 Å². The molecule has 0 fully saturated rings. The molecule has 5 nitrogen and oxygen atoms in total. The van der Waals surface area contributed by atoms with Crippen molar-refractivity contribution in [1.82, 2.24) is 0 Å². The predicted octanol–water partition coefficient (Wildman–Crippen LogP) is 3.77. The molecule has 0 bridgehead atoms. The van der Waals surface area contributed by atoms with Crippen molar-refractivity contribution in [3.05, 3.63) is 23.2 Å². The van der Waals surface area contributed by atoms with E-state index in [-0.39, 0.29) is 18.8 Å². The van der Waals surface area contributed by atoms with Gasteiger partial charge in [-0.05, 0) is 31.9 Å². The van der Waals surface area contributed by atoms with Gasteiger partial charge in [-0.3, -0.25) is 9.59 Å². The first-order chi connectivity index (χ1) is 11.5. The van der Waals surface area contributed by atoms with Gasteiger partial charge < -0.3 is 14.2 Å². The lowest BCUT2D eigenvalue weighted by molar-refractivity contribution is -0.146. The molecule has 130 valence electrons. The van der Waals surface area contributed by atoms with E-state index in [0.717, 1.165) is 0 Å². The number of ether oxygens (including phenoxy) is 3. The van der Waals surface area contributed by atoms with Gasteiger partial charge in [-0.25, -0.2) is 0 Å². The third-order valence-electron chi connectivity index (χ3n) is 3.06. The van der Waals surface area contributed by atoms with Gasteiger partial charge in [0, 0.05) is 23.9 Å². The largest absolute Gasteiger partial charge is 0.493 e. The van der Waals surface area contributed by atoms with E-state index in [9.17, 15) is 9.59 Å². The number of hydrogen-bond donors (Lipinski definition) is 0. The van der Waals surface area contributed by atoms with Crippen LogP contribution in [0.3, 0.4) is 0 Å². The van der Waals surface area contributed by atoms with E-state index in [1.54, 1.807) is 25.1 Å². The van der Waals surface area contributed by atoms with Gasteiger partial charge in [-0.15, -0.1) is 5.92 Å². The number of carbonyl (C=O) groups excluding carboxylic acids is 2. The number of carbonyl (C=O) groups is 2. The zero-order valence-electron chi connectivity index (χ0n) is 14.1. The maximum absolute atomic E-state index is 11.8. The fourth-order valence-electron chi connectivity index (χ4n) is 1.87. The van der Waals surface area contributed by atoms with Crippen molar-refractivity contribution >= 4 is 23.5 Å². The number of halogens is 1. The summed E-state index contributed by atoms with van der Waals surface area (Å²) in [7, 11) is 1.46. The maximum Gasteiger partial charge on any atom is 0.311 e. The molecule has 1 unspecified atom stereocenters. The van der Waals surface area contributed by atoms with Crippen LogP contribution in [-0.4, -0.2) is 25.2 Å². The van der Waals surface area contributed by atoms with E-state index in [1.165, 1.54) is 7.11 Å². The molecular formula is C18H21ClO5. The van der Waals surface area contributed by atoms with Crippen LogP contribution in [0, 0.1) is 11.8 Å². The van der Waals surface area contributed by atoms with Crippen LogP contribution in [0.25, 0.3) is 0 Å². The fourth-order valence-corrected chi connectivity index (χ4v) is 2.03. The van der Waals surface area contributed by atoms with Gasteiger partial charge in [0.25, 0.3) is 0 Å². The Morgan fingerprint density at radius 2 is 1.92 bits per heavy atom. The number of methoxy groups -OCH3 is 1. The lowest BCUT2D eigenvalue weighted by Crippen LogP contribution is -2.16. The zero-order valence-corrected chi connectivity index (χ0v) is 14.8. The maximum atomic E-state index is 11.8. The summed E-state index contributed by atoms with van der Waals surface area (Å²) in [6.45, 7) is 3.58. The smallest absolute Gasteiger partial charge is 0.311 e. The molecule has 0 saturated carbocycles. The van der Waals surface area contributed by atoms with Crippen LogP contribution in [0.1, 0.15) is 39.5 Å². The van der Waals surface area contributed by atoms with Crippen LogP contribution in [-0.2, 0) is 14.3 Å². The lowest BCUT2D eigenvalue weighted by Gasteiger charge is -2.11. The van der Waals surface area contributed by atoms with Gasteiger partial charge in [-0.2, -0.15) is 0 Å². The Morgan fingerprint density at radius 1 is 1.21 bits per heavy atom. The summed E-state index contributed by atoms with van der Waals surface area (Å²) in [5.74, 6) is 5.36. The number of benzene rings is 1. The first-order valence-electron chi connectivity index (χ1n) is 7.66. The van der Waals surface area contributed by atoms with Crippen LogP contribution >= 0.6 is 11.6 Å². The van der Waals surface area contributed by atoms with Crippen LogP contribution in [0.5, 0.6) is 11.5 Å². The molecule has 0 radical (unpaired) electrons. The van der Waals surface area contributed by atoms with Crippen molar-refractivity contribution in [2.24, 2.45) is 0 Å². The molecule has 6 heteroatoms. The molecule has 1 atom stereocenters. The Bertz CT molecular complexity index is 630. The Balaban J connectivity index is 2.41. The van der Waals surface area contributed by atoms with Crippen LogP contribution in [0.4, 0.5) is 0 Å². The Kier molecular flexibility index (Phi) is 8.74. The Morgan fingerprint density at radius 3 is 2.54 bits per heavy atom. The minimum Gasteiger partial charge on any atom is -0.493 e. The summed E-state index contributed by atoms with van der Waals surface area (Å²) in [4.78, 5) is 23.5. The normalized spacial score (nSPS) is 11.0. The minimum absolute atomic E-state index is 0.0944. The molecule has 0 spiro atoms. The Hall–Kier alpha value is -2.19. The van der Waals surface area contributed by atoms with Crippen molar-refractivity contribution in [2.45, 2.75) is 45.6 Å². The Labute approximate surface area is 147 Å². The van der Waals surface area contributed by atoms with E-state index in [4.69, 9.17) is 25.8 Å². The standard InChI is InChI=1S/C18H21ClO5/c1-4-7-14(5-2)23-17(20)8-6-9-18(21)24-15-11-10-13(19)12-16(15)22-3/h10-12,14H,5-6,8-9H2,1-3H3. The van der Waals surface area contributed by atoms with E-state index in [2.05, 4.69) is 11.8 Å². The van der Waals surface area contributed by atoms with Gasteiger partial charge in [0.2, 0.25) is 0 Å². The second-order valence-electron chi connectivity index (χ2n) is 4.90. The van der Waals surface area contributed by atoms with E-state index in [0.29, 0.717) is 29.4 Å². The molecule has 0 aliphatic heterocycles. The number of esters is 2. The summed E-state index contributed by atoms with van der Waals surface area (Å²) >= 11 is 5.84. The molecule has 0 N–H and O–H groups in total. The summed E-state index contributed by atoms with van der Waals surface area (Å²) in [6.07, 6.45) is 0.799. The average Bonchev–Trinajstić information content (AvgIpc) is 2.56. The second kappa shape index (κ2) is 10.6. The average molecular weight is 353 g/mol. The van der Waals surface area contributed by atoms with E-state index < -0.39 is 12.1 Å². The molecular weight excluding hydrogens is 332 g/mol. The topological polar surface area (TPSA) is 61.8 Å². The van der Waals surface area contributed by atoms with Gasteiger partial charge in [-0.1, -0.05) is 24.4 Å². The van der Waals surface area contributed by atoms with Crippen LogP contribution in [0.15, 0.2) is 18.2 Å². The van der Waals surface area contributed by atoms with Gasteiger partial charge >= 0.3 is 11.9 Å². The third kappa shape index (κ3) is 6.93. The summed E-state index contributed by atoms with van der Waals surface area (Å²) < 4.78 is 15.5. The highest BCUT2D eigenvalue weighted by atomic mass is 35.5. The molecule has 0 heterocycles. The minimum atomic E-state index is -0.455. The molecule has 0 aliphatic rings. The zero-order chi connectivity index (χ0) is 17.9. The predicted molar refractivity (Wildman–Crippen MR) is 91.1 cm³/mol. The van der Waals surface area contributed by atoms with E-state index in [1.807, 2.05) is 6.92 Å². The second-order valence-corrected chi connectivity index (χ2v) is 5.34. The SMILES string of the molecule is CC#CC(CC)OC(=O)CCCC(=O)Oc1ccc(Cl)cc1OC. The number of rotatable bonds is 8. The first kappa shape index (κ1) is 19.9. The van der Waals surface area contributed by atoms with Crippen molar-refractivity contribution in [3.8, 4) is 23.3 Å². The van der Waals surface area contributed by atoms with Crippen LogP contribution < -0.4 is 9.47 Å². The lowest BCUT2D eigenvalue weighted by atomic mass is 10.2. The van der Waals surface area contributed by atoms with Crippen molar-refractivity contribution in [2.75, 3.05) is 7.11 Å². The molecule has 0 aromatic heterocycles.